The van der Waals surface area contributed by atoms with Gasteiger partial charge in [-0.2, -0.15) is 5.10 Å². The SMILES string of the molecule is O=C(CSCc1cccc(Br)c1)N/N=C\c1ccc(N2CCCCC2)o1. The lowest BCUT2D eigenvalue weighted by molar-refractivity contribution is -0.118. The molecule has 1 amide bonds. The highest BCUT2D eigenvalue weighted by Gasteiger charge is 2.13. The maximum absolute atomic E-state index is 11.8. The van der Waals surface area contributed by atoms with Crippen LogP contribution in [-0.4, -0.2) is 31.0 Å². The quantitative estimate of drug-likeness (QED) is 0.516. The van der Waals surface area contributed by atoms with Gasteiger partial charge < -0.3 is 9.32 Å². The van der Waals surface area contributed by atoms with Gasteiger partial charge in [-0.25, -0.2) is 5.43 Å². The summed E-state index contributed by atoms with van der Waals surface area (Å²) in [5.74, 6) is 2.55. The lowest BCUT2D eigenvalue weighted by Gasteiger charge is -2.25. The highest BCUT2D eigenvalue weighted by molar-refractivity contribution is 9.10. The third kappa shape index (κ3) is 5.92. The molecule has 1 N–H and O–H groups in total. The van der Waals surface area contributed by atoms with Crippen LogP contribution in [0.15, 0.2) is 50.4 Å². The van der Waals surface area contributed by atoms with Crippen LogP contribution in [0.4, 0.5) is 5.88 Å². The van der Waals surface area contributed by atoms with Crippen molar-refractivity contribution in [3.05, 3.63) is 52.2 Å². The lowest BCUT2D eigenvalue weighted by Crippen LogP contribution is -2.28. The van der Waals surface area contributed by atoms with E-state index in [9.17, 15) is 4.79 Å². The minimum Gasteiger partial charge on any atom is -0.440 e. The molecule has 26 heavy (non-hydrogen) atoms. The summed E-state index contributed by atoms with van der Waals surface area (Å²) < 4.78 is 6.82. The van der Waals surface area contributed by atoms with Crippen LogP contribution in [0.25, 0.3) is 0 Å². The van der Waals surface area contributed by atoms with Crippen molar-refractivity contribution >= 4 is 45.7 Å². The summed E-state index contributed by atoms with van der Waals surface area (Å²) in [6.45, 7) is 2.08. The molecule has 1 aliphatic heterocycles. The van der Waals surface area contributed by atoms with E-state index in [1.165, 1.54) is 24.8 Å². The minimum absolute atomic E-state index is 0.121. The summed E-state index contributed by atoms with van der Waals surface area (Å²) in [5.41, 5.74) is 3.73. The maximum Gasteiger partial charge on any atom is 0.250 e. The molecule has 1 aromatic carbocycles. The third-order valence-corrected chi connectivity index (χ3v) is 5.55. The zero-order chi connectivity index (χ0) is 18.2. The van der Waals surface area contributed by atoms with E-state index >= 15 is 0 Å². The molecule has 0 unspecified atom stereocenters. The molecule has 0 atom stereocenters. The summed E-state index contributed by atoms with van der Waals surface area (Å²) in [6, 6.07) is 11.9. The molecule has 0 bridgehead atoms. The fraction of sp³-hybridized carbons (Fsp3) is 0.368. The molecular formula is C19H22BrN3O2S. The second-order valence-corrected chi connectivity index (χ2v) is 8.04. The van der Waals surface area contributed by atoms with Crippen LogP contribution in [0.1, 0.15) is 30.6 Å². The number of rotatable bonds is 7. The number of hydrogen-bond donors (Lipinski definition) is 1. The van der Waals surface area contributed by atoms with Crippen LogP contribution < -0.4 is 10.3 Å². The molecule has 0 spiro atoms. The number of carbonyl (C=O) groups is 1. The number of piperidine rings is 1. The van der Waals surface area contributed by atoms with Crippen LogP contribution in [0.3, 0.4) is 0 Å². The van der Waals surface area contributed by atoms with Crippen molar-refractivity contribution in [1.82, 2.24) is 5.43 Å². The van der Waals surface area contributed by atoms with E-state index in [0.717, 1.165) is 29.2 Å². The first-order valence-electron chi connectivity index (χ1n) is 8.69. The molecule has 1 aliphatic rings. The average Bonchev–Trinajstić information content (AvgIpc) is 3.11. The first kappa shape index (κ1) is 19.0. The Morgan fingerprint density at radius 1 is 1.27 bits per heavy atom. The van der Waals surface area contributed by atoms with E-state index in [1.807, 2.05) is 30.3 Å². The van der Waals surface area contributed by atoms with Crippen LogP contribution in [0, 0.1) is 0 Å². The van der Waals surface area contributed by atoms with E-state index in [2.05, 4.69) is 37.4 Å². The van der Waals surface area contributed by atoms with Crippen LogP contribution in [0.2, 0.25) is 0 Å². The van der Waals surface area contributed by atoms with E-state index < -0.39 is 0 Å². The number of carbonyl (C=O) groups excluding carboxylic acids is 1. The fourth-order valence-corrected chi connectivity index (χ4v) is 4.00. The predicted molar refractivity (Wildman–Crippen MR) is 111 cm³/mol. The van der Waals surface area contributed by atoms with Crippen molar-refractivity contribution in [2.24, 2.45) is 5.10 Å². The normalized spacial score (nSPS) is 14.7. The Morgan fingerprint density at radius 2 is 2.12 bits per heavy atom. The van der Waals surface area contributed by atoms with Gasteiger partial charge in [0.1, 0.15) is 5.76 Å². The standard InChI is InChI=1S/C19H22BrN3O2S/c20-16-6-4-5-15(11-16)13-26-14-18(24)22-21-12-17-7-8-19(25-17)23-9-2-1-3-10-23/h4-8,11-12H,1-3,9-10,13-14H2,(H,22,24)/b21-12-. The maximum atomic E-state index is 11.8. The summed E-state index contributed by atoms with van der Waals surface area (Å²) in [7, 11) is 0. The molecule has 0 aliphatic carbocycles. The monoisotopic (exact) mass is 435 g/mol. The Balaban J connectivity index is 1.39. The largest absolute Gasteiger partial charge is 0.440 e. The van der Waals surface area contributed by atoms with Gasteiger partial charge in [0.15, 0.2) is 5.88 Å². The van der Waals surface area contributed by atoms with Gasteiger partial charge in [-0.15, -0.1) is 11.8 Å². The Kier molecular flexibility index (Phi) is 7.20. The van der Waals surface area contributed by atoms with Gasteiger partial charge in [0.2, 0.25) is 5.91 Å². The minimum atomic E-state index is -0.121. The molecule has 1 saturated heterocycles. The second kappa shape index (κ2) is 9.83. The van der Waals surface area contributed by atoms with Crippen molar-refractivity contribution in [3.8, 4) is 0 Å². The van der Waals surface area contributed by atoms with Crippen molar-refractivity contribution in [2.45, 2.75) is 25.0 Å². The summed E-state index contributed by atoms with van der Waals surface area (Å²) in [4.78, 5) is 14.1. The molecule has 138 valence electrons. The van der Waals surface area contributed by atoms with Crippen LogP contribution in [-0.2, 0) is 10.5 Å². The summed E-state index contributed by atoms with van der Waals surface area (Å²) in [5, 5.41) is 3.98. The highest BCUT2D eigenvalue weighted by Crippen LogP contribution is 2.21. The first-order chi connectivity index (χ1) is 12.7. The zero-order valence-electron chi connectivity index (χ0n) is 14.5. The number of anilines is 1. The molecule has 3 rings (SSSR count). The Bertz CT molecular complexity index is 757. The number of nitrogens with zero attached hydrogens (tertiary/aromatic N) is 2. The smallest absolute Gasteiger partial charge is 0.250 e. The van der Waals surface area contributed by atoms with E-state index in [0.29, 0.717) is 11.5 Å². The molecule has 0 saturated carbocycles. The molecule has 1 aromatic heterocycles. The van der Waals surface area contributed by atoms with Crippen LogP contribution >= 0.6 is 27.7 Å². The van der Waals surface area contributed by atoms with Gasteiger partial charge in [0, 0.05) is 29.4 Å². The second-order valence-electron chi connectivity index (χ2n) is 6.14. The van der Waals surface area contributed by atoms with E-state index in [1.54, 1.807) is 18.0 Å². The first-order valence-corrected chi connectivity index (χ1v) is 10.6. The average molecular weight is 436 g/mol. The number of hydrogen-bond acceptors (Lipinski definition) is 5. The van der Waals surface area contributed by atoms with Gasteiger partial charge in [-0.1, -0.05) is 28.1 Å². The molecule has 7 heteroatoms. The molecule has 0 radical (unpaired) electrons. The topological polar surface area (TPSA) is 57.8 Å². The van der Waals surface area contributed by atoms with Gasteiger partial charge in [0.25, 0.3) is 0 Å². The number of furan rings is 1. The van der Waals surface area contributed by atoms with Crippen molar-refractivity contribution in [3.63, 3.8) is 0 Å². The third-order valence-electron chi connectivity index (χ3n) is 4.05. The number of hydrazone groups is 1. The van der Waals surface area contributed by atoms with Gasteiger partial charge in [0.05, 0.1) is 12.0 Å². The molecule has 5 nitrogen and oxygen atoms in total. The van der Waals surface area contributed by atoms with Gasteiger partial charge in [-0.3, -0.25) is 4.79 Å². The van der Waals surface area contributed by atoms with Gasteiger partial charge in [-0.05, 0) is 43.0 Å². The van der Waals surface area contributed by atoms with Crippen molar-refractivity contribution in [2.75, 3.05) is 23.7 Å². The number of amides is 1. The molecular weight excluding hydrogens is 414 g/mol. The lowest BCUT2D eigenvalue weighted by atomic mass is 10.1. The molecule has 2 aromatic rings. The van der Waals surface area contributed by atoms with E-state index in [4.69, 9.17) is 4.42 Å². The Morgan fingerprint density at radius 3 is 2.92 bits per heavy atom. The Labute approximate surface area is 166 Å². The summed E-state index contributed by atoms with van der Waals surface area (Å²) >= 11 is 5.00. The number of thioether (sulfide) groups is 1. The van der Waals surface area contributed by atoms with Gasteiger partial charge >= 0.3 is 0 Å². The highest BCUT2D eigenvalue weighted by atomic mass is 79.9. The fourth-order valence-electron chi connectivity index (χ4n) is 2.78. The summed E-state index contributed by atoms with van der Waals surface area (Å²) in [6.07, 6.45) is 5.25. The Hall–Kier alpha value is -1.73. The van der Waals surface area contributed by atoms with E-state index in [-0.39, 0.29) is 5.91 Å². The zero-order valence-corrected chi connectivity index (χ0v) is 16.9. The molecule has 2 heterocycles. The number of benzene rings is 1. The van der Waals surface area contributed by atoms with Crippen molar-refractivity contribution < 1.29 is 9.21 Å². The number of halogens is 1. The van der Waals surface area contributed by atoms with Crippen LogP contribution in [0.5, 0.6) is 0 Å². The van der Waals surface area contributed by atoms with Crippen molar-refractivity contribution in [1.29, 1.82) is 0 Å². The molecule has 1 fully saturated rings. The predicted octanol–water partition coefficient (Wildman–Crippen LogP) is 4.42. The number of nitrogens with one attached hydrogen (secondary N) is 1.